The molecule has 0 bridgehead atoms. The molecule has 2 aromatic rings. The van der Waals surface area contributed by atoms with E-state index in [2.05, 4.69) is 32.6 Å². The van der Waals surface area contributed by atoms with Crippen molar-refractivity contribution in [2.45, 2.75) is 26.9 Å². The van der Waals surface area contributed by atoms with Crippen molar-refractivity contribution in [3.05, 3.63) is 59.1 Å². The molecule has 0 aliphatic carbocycles. The fourth-order valence-electron chi connectivity index (χ4n) is 2.78. The monoisotopic (exact) mass is 508 g/mol. The second-order valence-electron chi connectivity index (χ2n) is 8.21. The highest BCUT2D eigenvalue weighted by atomic mass is 79.9. The number of pyridine rings is 1. The van der Waals surface area contributed by atoms with E-state index in [0.717, 1.165) is 4.90 Å². The van der Waals surface area contributed by atoms with Crippen LogP contribution in [0.25, 0.3) is 0 Å². The van der Waals surface area contributed by atoms with E-state index in [9.17, 15) is 18.0 Å². The molecule has 2 amide bonds. The number of fused-ring (bicyclic) bond motifs is 1. The Morgan fingerprint density at radius 3 is 2.32 bits per heavy atom. The van der Waals surface area contributed by atoms with E-state index in [-0.39, 0.29) is 34.7 Å². The van der Waals surface area contributed by atoms with Gasteiger partial charge in [-0.25, -0.2) is 13.4 Å². The number of hydrogen-bond donors (Lipinski definition) is 1. The summed E-state index contributed by atoms with van der Waals surface area (Å²) < 4.78 is 34.2. The van der Waals surface area contributed by atoms with Crippen LogP contribution in [-0.4, -0.2) is 48.5 Å². The standard InChI is InChI=1S/C21H23BrN3O5S/c1-13(21(2,3)4)30-18-17(11-14(22)12-23-18)24-31(28,29)10-9-25-19(26)15-7-5-6-8-16(15)20(25)27/h5-8,11-13,24H,1,9-10H2,2-4H3. The minimum atomic E-state index is -3.92. The summed E-state index contributed by atoms with van der Waals surface area (Å²) >= 11 is 3.27. The fraction of sp³-hybridized carbons (Fsp3) is 0.333. The molecule has 8 nitrogen and oxygen atoms in total. The van der Waals surface area contributed by atoms with Gasteiger partial charge in [0.1, 0.15) is 11.8 Å². The number of anilines is 1. The summed E-state index contributed by atoms with van der Waals surface area (Å²) in [5.41, 5.74) is 0.382. The SMILES string of the molecule is [CH2]C(Oc1ncc(Br)cc1NS(=O)(=O)CCN1C(=O)c2ccccc2C1=O)C(C)(C)C. The van der Waals surface area contributed by atoms with Crippen molar-refractivity contribution in [1.82, 2.24) is 9.88 Å². The first kappa shape index (κ1) is 23.2. The Kier molecular flexibility index (Phi) is 6.43. The number of sulfonamides is 1. The van der Waals surface area contributed by atoms with E-state index in [1.807, 2.05) is 20.8 Å². The molecule has 0 saturated carbocycles. The number of carbonyl (C=O) groups excluding carboxylic acids is 2. The zero-order valence-electron chi connectivity index (χ0n) is 17.4. The summed E-state index contributed by atoms with van der Waals surface area (Å²) in [7, 11) is -3.92. The van der Waals surface area contributed by atoms with Crippen LogP contribution in [0.15, 0.2) is 41.0 Å². The van der Waals surface area contributed by atoms with E-state index in [1.165, 1.54) is 12.3 Å². The highest BCUT2D eigenvalue weighted by molar-refractivity contribution is 9.10. The van der Waals surface area contributed by atoms with Crippen LogP contribution >= 0.6 is 15.9 Å². The maximum absolute atomic E-state index is 12.7. The molecule has 10 heteroatoms. The van der Waals surface area contributed by atoms with Crippen LogP contribution in [0, 0.1) is 12.3 Å². The maximum Gasteiger partial charge on any atom is 0.261 e. The number of rotatable bonds is 7. The van der Waals surface area contributed by atoms with E-state index in [4.69, 9.17) is 4.74 Å². The molecule has 165 valence electrons. The number of hydrogen-bond acceptors (Lipinski definition) is 6. The Labute approximate surface area is 190 Å². The van der Waals surface area contributed by atoms with Crippen LogP contribution in [-0.2, 0) is 10.0 Å². The first-order chi connectivity index (χ1) is 14.4. The highest BCUT2D eigenvalue weighted by Crippen LogP contribution is 2.31. The van der Waals surface area contributed by atoms with Gasteiger partial charge in [0.15, 0.2) is 0 Å². The van der Waals surface area contributed by atoms with Crippen LogP contribution in [0.1, 0.15) is 41.5 Å². The first-order valence-corrected chi connectivity index (χ1v) is 11.9. The molecule has 0 fully saturated rings. The molecular weight excluding hydrogens is 486 g/mol. The van der Waals surface area contributed by atoms with Gasteiger partial charge in [-0.2, -0.15) is 0 Å². The molecule has 1 atom stereocenters. The second kappa shape index (κ2) is 8.58. The van der Waals surface area contributed by atoms with Gasteiger partial charge in [0, 0.05) is 17.2 Å². The summed E-state index contributed by atoms with van der Waals surface area (Å²) in [4.78, 5) is 30.0. The predicted molar refractivity (Wildman–Crippen MR) is 120 cm³/mol. The second-order valence-corrected chi connectivity index (χ2v) is 11.0. The topological polar surface area (TPSA) is 106 Å². The minimum absolute atomic E-state index is 0.0856. The van der Waals surface area contributed by atoms with Crippen molar-refractivity contribution in [1.29, 1.82) is 0 Å². The maximum atomic E-state index is 12.7. The zero-order valence-corrected chi connectivity index (χ0v) is 19.8. The molecule has 1 N–H and O–H groups in total. The highest BCUT2D eigenvalue weighted by Gasteiger charge is 2.35. The normalized spacial score (nSPS) is 15.1. The van der Waals surface area contributed by atoms with Crippen molar-refractivity contribution < 1.29 is 22.7 Å². The molecule has 1 aliphatic rings. The number of carbonyl (C=O) groups is 2. The Bertz CT molecular complexity index is 1090. The van der Waals surface area contributed by atoms with E-state index >= 15 is 0 Å². The molecule has 1 aromatic carbocycles. The Balaban J connectivity index is 1.74. The average Bonchev–Trinajstić information content (AvgIpc) is 2.92. The van der Waals surface area contributed by atoms with E-state index < -0.39 is 33.7 Å². The summed E-state index contributed by atoms with van der Waals surface area (Å²) in [5.74, 6) is -1.40. The fourth-order valence-corrected chi connectivity index (χ4v) is 4.12. The van der Waals surface area contributed by atoms with Crippen molar-refractivity contribution in [3.63, 3.8) is 0 Å². The van der Waals surface area contributed by atoms with Crippen LogP contribution < -0.4 is 9.46 Å². The van der Waals surface area contributed by atoms with Gasteiger partial charge >= 0.3 is 0 Å². The van der Waals surface area contributed by atoms with Gasteiger partial charge in [0.05, 0.1) is 16.9 Å². The number of amides is 2. The lowest BCUT2D eigenvalue weighted by atomic mass is 9.90. The van der Waals surface area contributed by atoms with Crippen LogP contribution in [0.2, 0.25) is 0 Å². The average molecular weight is 509 g/mol. The van der Waals surface area contributed by atoms with Crippen molar-refractivity contribution >= 4 is 43.5 Å². The van der Waals surface area contributed by atoms with Crippen LogP contribution in [0.5, 0.6) is 5.88 Å². The van der Waals surface area contributed by atoms with Crippen LogP contribution in [0.4, 0.5) is 5.69 Å². The number of imide groups is 1. The predicted octanol–water partition coefficient (Wildman–Crippen LogP) is 3.51. The van der Waals surface area contributed by atoms with Crippen molar-refractivity contribution in [2.75, 3.05) is 17.0 Å². The van der Waals surface area contributed by atoms with Gasteiger partial charge < -0.3 is 4.74 Å². The Hall–Kier alpha value is -2.46. The zero-order chi connectivity index (χ0) is 23.0. The third kappa shape index (κ3) is 5.24. The number of nitrogens with one attached hydrogen (secondary N) is 1. The molecule has 3 rings (SSSR count). The van der Waals surface area contributed by atoms with Gasteiger partial charge in [0.25, 0.3) is 11.8 Å². The van der Waals surface area contributed by atoms with Gasteiger partial charge in [-0.1, -0.05) is 32.9 Å². The number of ether oxygens (including phenoxy) is 1. The summed E-state index contributed by atoms with van der Waals surface area (Å²) in [5, 5.41) is 0. The molecule has 2 heterocycles. The smallest absolute Gasteiger partial charge is 0.261 e. The minimum Gasteiger partial charge on any atom is -0.472 e. The summed E-state index contributed by atoms with van der Waals surface area (Å²) in [6, 6.07) is 7.92. The third-order valence-electron chi connectivity index (χ3n) is 4.76. The summed E-state index contributed by atoms with van der Waals surface area (Å²) in [6.45, 7) is 9.50. The molecule has 31 heavy (non-hydrogen) atoms. The van der Waals surface area contributed by atoms with Gasteiger partial charge in [-0.05, 0) is 46.5 Å². The molecule has 0 spiro atoms. The molecule has 1 radical (unpaired) electrons. The Morgan fingerprint density at radius 2 is 1.77 bits per heavy atom. The van der Waals surface area contributed by atoms with Crippen LogP contribution in [0.3, 0.4) is 0 Å². The molecule has 1 aliphatic heterocycles. The van der Waals surface area contributed by atoms with Gasteiger partial charge in [0.2, 0.25) is 15.9 Å². The van der Waals surface area contributed by atoms with Crippen molar-refractivity contribution in [3.8, 4) is 5.88 Å². The molecular formula is C21H23BrN3O5S. The van der Waals surface area contributed by atoms with Gasteiger partial charge in [-0.15, -0.1) is 0 Å². The molecule has 1 unspecified atom stereocenters. The molecule has 0 saturated heterocycles. The van der Waals surface area contributed by atoms with Gasteiger partial charge in [-0.3, -0.25) is 19.2 Å². The molecule has 1 aromatic heterocycles. The van der Waals surface area contributed by atoms with E-state index in [1.54, 1.807) is 24.3 Å². The number of nitrogens with zero attached hydrogens (tertiary/aromatic N) is 2. The number of aromatic nitrogens is 1. The quantitative estimate of drug-likeness (QED) is 0.573. The lowest BCUT2D eigenvalue weighted by molar-refractivity contribution is 0.0664. The third-order valence-corrected chi connectivity index (χ3v) is 6.45. The van der Waals surface area contributed by atoms with Crippen molar-refractivity contribution in [2.24, 2.45) is 5.41 Å². The number of halogens is 1. The lowest BCUT2D eigenvalue weighted by Crippen LogP contribution is -2.35. The Morgan fingerprint density at radius 1 is 1.19 bits per heavy atom. The lowest BCUT2D eigenvalue weighted by Gasteiger charge is -2.28. The largest absolute Gasteiger partial charge is 0.472 e. The van der Waals surface area contributed by atoms with E-state index in [0.29, 0.717) is 4.47 Å². The summed E-state index contributed by atoms with van der Waals surface area (Å²) in [6.07, 6.45) is 1.00. The first-order valence-electron chi connectivity index (χ1n) is 9.50. The number of benzene rings is 1.